The maximum atomic E-state index is 13.4. The Hall–Kier alpha value is -2.65. The molecule has 1 aliphatic rings. The van der Waals surface area contributed by atoms with Crippen LogP contribution in [0.5, 0.6) is 0 Å². The zero-order valence-corrected chi connectivity index (χ0v) is 13.5. The van der Waals surface area contributed by atoms with E-state index in [4.69, 9.17) is 4.74 Å². The molecule has 0 radical (unpaired) electrons. The lowest BCUT2D eigenvalue weighted by Gasteiger charge is -2.26. The lowest BCUT2D eigenvalue weighted by molar-refractivity contribution is 0.0362. The monoisotopic (exact) mass is 344 g/mol. The smallest absolute Gasteiger partial charge is 0.283 e. The largest absolute Gasteiger partial charge is 0.379 e. The van der Waals surface area contributed by atoms with E-state index in [1.54, 1.807) is 12.1 Å². The van der Waals surface area contributed by atoms with Crippen molar-refractivity contribution in [1.82, 2.24) is 29.4 Å². The van der Waals surface area contributed by atoms with Crippen molar-refractivity contribution >= 4 is 11.2 Å². The van der Waals surface area contributed by atoms with Crippen LogP contribution in [0.2, 0.25) is 0 Å². The number of morpholine rings is 1. The lowest BCUT2D eigenvalue weighted by Crippen LogP contribution is -2.39. The summed E-state index contributed by atoms with van der Waals surface area (Å²) in [6.45, 7) is 4.42. The van der Waals surface area contributed by atoms with Crippen molar-refractivity contribution in [2.24, 2.45) is 0 Å². The number of ether oxygens (including phenoxy) is 1. The van der Waals surface area contributed by atoms with Crippen molar-refractivity contribution in [3.63, 3.8) is 0 Å². The van der Waals surface area contributed by atoms with Gasteiger partial charge in [0.05, 0.1) is 18.9 Å². The summed E-state index contributed by atoms with van der Waals surface area (Å²) < 4.78 is 21.6. The van der Waals surface area contributed by atoms with Crippen molar-refractivity contribution in [2.45, 2.75) is 6.54 Å². The minimum atomic E-state index is -0.389. The molecular formula is C16H17FN6O2. The fourth-order valence-corrected chi connectivity index (χ4v) is 2.86. The van der Waals surface area contributed by atoms with Gasteiger partial charge < -0.3 is 4.74 Å². The summed E-state index contributed by atoms with van der Waals surface area (Å²) in [6, 6.07) is 5.92. The molecule has 0 N–H and O–H groups in total. The molecule has 8 nitrogen and oxygen atoms in total. The summed E-state index contributed by atoms with van der Waals surface area (Å²) in [7, 11) is 0. The number of rotatable bonds is 4. The molecule has 4 rings (SSSR count). The first kappa shape index (κ1) is 15.9. The van der Waals surface area contributed by atoms with E-state index in [0.717, 1.165) is 19.6 Å². The van der Waals surface area contributed by atoms with Crippen LogP contribution in [0.15, 0.2) is 35.4 Å². The van der Waals surface area contributed by atoms with Gasteiger partial charge in [0, 0.05) is 26.2 Å². The topological polar surface area (TPSA) is 78.1 Å². The van der Waals surface area contributed by atoms with Crippen LogP contribution in [0.1, 0.15) is 0 Å². The van der Waals surface area contributed by atoms with E-state index >= 15 is 0 Å². The van der Waals surface area contributed by atoms with Gasteiger partial charge in [-0.2, -0.15) is 4.68 Å². The van der Waals surface area contributed by atoms with E-state index in [2.05, 4.69) is 20.2 Å². The molecule has 0 aliphatic carbocycles. The number of benzene rings is 1. The van der Waals surface area contributed by atoms with E-state index in [0.29, 0.717) is 31.1 Å². The molecule has 2 aromatic heterocycles. The predicted molar refractivity (Wildman–Crippen MR) is 88.1 cm³/mol. The van der Waals surface area contributed by atoms with Gasteiger partial charge in [-0.05, 0) is 18.2 Å². The molecule has 0 spiro atoms. The molecule has 3 heterocycles. The highest BCUT2D eigenvalue weighted by Gasteiger charge is 2.15. The first-order valence-electron chi connectivity index (χ1n) is 8.09. The molecule has 0 unspecified atom stereocenters. The zero-order chi connectivity index (χ0) is 17.2. The highest BCUT2D eigenvalue weighted by Crippen LogP contribution is 2.12. The number of halogens is 1. The van der Waals surface area contributed by atoms with Crippen LogP contribution < -0.4 is 5.56 Å². The van der Waals surface area contributed by atoms with Crippen molar-refractivity contribution in [1.29, 1.82) is 0 Å². The fraction of sp³-hybridized carbons (Fsp3) is 0.375. The molecule has 9 heteroatoms. The Balaban J connectivity index is 1.62. The minimum Gasteiger partial charge on any atom is -0.379 e. The molecule has 25 heavy (non-hydrogen) atoms. The van der Waals surface area contributed by atoms with Crippen molar-refractivity contribution in [2.75, 3.05) is 32.8 Å². The van der Waals surface area contributed by atoms with Gasteiger partial charge in [-0.15, -0.1) is 5.10 Å². The first-order valence-corrected chi connectivity index (χ1v) is 8.09. The third-order valence-corrected chi connectivity index (χ3v) is 4.24. The normalized spacial score (nSPS) is 15.7. The van der Waals surface area contributed by atoms with Crippen LogP contribution in [0, 0.1) is 5.82 Å². The summed E-state index contributed by atoms with van der Waals surface area (Å²) in [5.41, 5.74) is 0.716. The minimum absolute atomic E-state index is 0.175. The van der Waals surface area contributed by atoms with Gasteiger partial charge in [0.2, 0.25) is 0 Å². The molecule has 1 saturated heterocycles. The van der Waals surface area contributed by atoms with Crippen molar-refractivity contribution in [3.8, 4) is 5.69 Å². The molecule has 0 atom stereocenters. The zero-order valence-electron chi connectivity index (χ0n) is 13.5. The highest BCUT2D eigenvalue weighted by molar-refractivity contribution is 5.70. The third kappa shape index (κ3) is 3.15. The SMILES string of the molecule is O=c1c2nnn(-c3cccc(F)c3)c2ncn1CCN1CCOCC1. The predicted octanol–water partition coefficient (Wildman–Crippen LogP) is 0.448. The van der Waals surface area contributed by atoms with Crippen molar-refractivity contribution in [3.05, 3.63) is 46.8 Å². The Morgan fingerprint density at radius 1 is 1.20 bits per heavy atom. The molecule has 1 fully saturated rings. The molecule has 0 amide bonds. The summed E-state index contributed by atoms with van der Waals surface area (Å²) in [5, 5.41) is 7.90. The number of hydrogen-bond donors (Lipinski definition) is 0. The average Bonchev–Trinajstić information content (AvgIpc) is 3.07. The maximum Gasteiger partial charge on any atom is 0.283 e. The highest BCUT2D eigenvalue weighted by atomic mass is 19.1. The molecule has 0 bridgehead atoms. The maximum absolute atomic E-state index is 13.4. The Kier molecular flexibility index (Phi) is 4.24. The van der Waals surface area contributed by atoms with Crippen LogP contribution in [-0.4, -0.2) is 62.3 Å². The van der Waals surface area contributed by atoms with Gasteiger partial charge in [0.25, 0.3) is 5.56 Å². The summed E-state index contributed by atoms with van der Waals surface area (Å²) in [5.74, 6) is -0.389. The van der Waals surface area contributed by atoms with Gasteiger partial charge in [-0.3, -0.25) is 14.3 Å². The second-order valence-electron chi connectivity index (χ2n) is 5.85. The first-order chi connectivity index (χ1) is 12.2. The van der Waals surface area contributed by atoms with Crippen LogP contribution in [0.4, 0.5) is 4.39 Å². The molecular weight excluding hydrogens is 327 g/mol. The van der Waals surface area contributed by atoms with Crippen LogP contribution >= 0.6 is 0 Å². The van der Waals surface area contributed by atoms with Crippen LogP contribution in [0.3, 0.4) is 0 Å². The summed E-state index contributed by atoms with van der Waals surface area (Å²) in [4.78, 5) is 19.1. The van der Waals surface area contributed by atoms with Crippen LogP contribution in [-0.2, 0) is 11.3 Å². The molecule has 1 aromatic carbocycles. The molecule has 130 valence electrons. The van der Waals surface area contributed by atoms with Gasteiger partial charge in [0.15, 0.2) is 11.2 Å². The van der Waals surface area contributed by atoms with Gasteiger partial charge in [0.1, 0.15) is 12.1 Å². The van der Waals surface area contributed by atoms with Gasteiger partial charge in [-0.1, -0.05) is 11.3 Å². The molecule has 3 aromatic rings. The second-order valence-corrected chi connectivity index (χ2v) is 5.85. The average molecular weight is 344 g/mol. The Morgan fingerprint density at radius 3 is 2.84 bits per heavy atom. The van der Waals surface area contributed by atoms with E-state index in [9.17, 15) is 9.18 Å². The quantitative estimate of drug-likeness (QED) is 0.684. The lowest BCUT2D eigenvalue weighted by atomic mass is 10.3. The third-order valence-electron chi connectivity index (χ3n) is 4.24. The number of nitrogens with zero attached hydrogens (tertiary/aromatic N) is 6. The fourth-order valence-electron chi connectivity index (χ4n) is 2.86. The Morgan fingerprint density at radius 2 is 2.04 bits per heavy atom. The summed E-state index contributed by atoms with van der Waals surface area (Å²) >= 11 is 0. The molecule has 0 saturated carbocycles. The van der Waals surface area contributed by atoms with Crippen LogP contribution in [0.25, 0.3) is 16.9 Å². The van der Waals surface area contributed by atoms with Crippen molar-refractivity contribution < 1.29 is 9.13 Å². The number of hydrogen-bond acceptors (Lipinski definition) is 6. The molecule has 1 aliphatic heterocycles. The van der Waals surface area contributed by atoms with E-state index in [1.807, 2.05) is 0 Å². The summed E-state index contributed by atoms with van der Waals surface area (Å²) in [6.07, 6.45) is 1.49. The standard InChI is InChI=1S/C16H17FN6O2/c17-12-2-1-3-13(10-12)23-15-14(19-20-23)16(24)22(11-18-15)5-4-21-6-8-25-9-7-21/h1-3,10-11H,4-9H2. The van der Waals surface area contributed by atoms with E-state index in [-0.39, 0.29) is 16.9 Å². The van der Waals surface area contributed by atoms with E-state index < -0.39 is 0 Å². The Labute approximate surface area is 142 Å². The number of fused-ring (bicyclic) bond motifs is 1. The van der Waals surface area contributed by atoms with E-state index in [1.165, 1.54) is 27.7 Å². The second kappa shape index (κ2) is 6.69. The number of aromatic nitrogens is 5. The Bertz CT molecular complexity index is 947. The van der Waals surface area contributed by atoms with Gasteiger partial charge in [-0.25, -0.2) is 9.37 Å². The van der Waals surface area contributed by atoms with Gasteiger partial charge >= 0.3 is 0 Å².